The molecule has 228 valence electrons. The Hall–Kier alpha value is -3.80. The second-order valence-corrected chi connectivity index (χ2v) is 11.9. The van der Waals surface area contributed by atoms with E-state index in [9.17, 15) is 14.7 Å². The first-order valence-corrected chi connectivity index (χ1v) is 15.9. The molecule has 0 saturated carbocycles. The highest BCUT2D eigenvalue weighted by Crippen LogP contribution is 2.37. The maximum absolute atomic E-state index is 11.9. The lowest BCUT2D eigenvalue weighted by Crippen LogP contribution is -2.18. The molecule has 0 amide bonds. The summed E-state index contributed by atoms with van der Waals surface area (Å²) in [4.78, 5) is 23.4. The van der Waals surface area contributed by atoms with Crippen molar-refractivity contribution >= 4 is 11.9 Å². The van der Waals surface area contributed by atoms with E-state index in [1.807, 2.05) is 26.0 Å². The average molecular weight is 585 g/mol. The second-order valence-electron chi connectivity index (χ2n) is 11.9. The normalized spacial score (nSPS) is 18.7. The number of hydrogen-bond acceptors (Lipinski definition) is 6. The highest BCUT2D eigenvalue weighted by atomic mass is 16.5. The molecule has 0 aliphatic heterocycles. The van der Waals surface area contributed by atoms with E-state index in [4.69, 9.17) is 14.2 Å². The summed E-state index contributed by atoms with van der Waals surface area (Å²) in [6.07, 6.45) is 9.46. The van der Waals surface area contributed by atoms with Gasteiger partial charge in [-0.1, -0.05) is 36.4 Å². The molecule has 43 heavy (non-hydrogen) atoms. The Morgan fingerprint density at radius 1 is 0.721 bits per heavy atom. The minimum absolute atomic E-state index is 0.0885. The number of hydrogen-bond donors (Lipinski definition) is 1. The number of phenols is 1. The second kappa shape index (κ2) is 14.6. The number of benzene rings is 3. The molecule has 6 rings (SSSR count). The van der Waals surface area contributed by atoms with Crippen LogP contribution in [0.2, 0.25) is 0 Å². The molecule has 3 aromatic rings. The third-order valence-electron chi connectivity index (χ3n) is 8.87. The topological polar surface area (TPSA) is 82.1 Å². The van der Waals surface area contributed by atoms with E-state index >= 15 is 0 Å². The summed E-state index contributed by atoms with van der Waals surface area (Å²) in [5.41, 5.74) is 7.81. The van der Waals surface area contributed by atoms with E-state index in [1.54, 1.807) is 6.07 Å². The Bertz CT molecular complexity index is 1390. The van der Waals surface area contributed by atoms with Gasteiger partial charge in [0.2, 0.25) is 0 Å². The zero-order valence-corrected chi connectivity index (χ0v) is 25.5. The predicted molar refractivity (Wildman–Crippen MR) is 167 cm³/mol. The number of rotatable bonds is 8. The lowest BCUT2D eigenvalue weighted by atomic mass is 9.81. The summed E-state index contributed by atoms with van der Waals surface area (Å²) >= 11 is 0. The molecule has 3 aliphatic rings. The van der Waals surface area contributed by atoms with Crippen LogP contribution in [0.25, 0.3) is 0 Å². The summed E-state index contributed by atoms with van der Waals surface area (Å²) in [6, 6.07) is 20.5. The Kier molecular flexibility index (Phi) is 10.4. The van der Waals surface area contributed by atoms with E-state index in [0.717, 1.165) is 57.1 Å². The largest absolute Gasteiger partial charge is 0.508 e. The Morgan fingerprint density at radius 2 is 1.26 bits per heavy atom. The quantitative estimate of drug-likeness (QED) is 0.279. The smallest absolute Gasteiger partial charge is 0.306 e. The molecular formula is C37H44O6. The first-order chi connectivity index (χ1) is 20.9. The lowest BCUT2D eigenvalue weighted by Gasteiger charge is -2.26. The molecule has 2 unspecified atom stereocenters. The molecule has 3 aliphatic carbocycles. The van der Waals surface area contributed by atoms with Gasteiger partial charge in [0.25, 0.3) is 0 Å². The third-order valence-corrected chi connectivity index (χ3v) is 8.87. The van der Waals surface area contributed by atoms with E-state index in [-0.39, 0.29) is 29.9 Å². The van der Waals surface area contributed by atoms with Gasteiger partial charge >= 0.3 is 11.9 Å². The number of fused-ring (bicyclic) bond motifs is 3. The molecule has 0 aromatic heterocycles. The number of ether oxygens (including phenoxy) is 3. The number of esters is 2. The van der Waals surface area contributed by atoms with Crippen molar-refractivity contribution in [3.63, 3.8) is 0 Å². The fourth-order valence-corrected chi connectivity index (χ4v) is 6.93. The molecule has 3 aromatic carbocycles. The monoisotopic (exact) mass is 584 g/mol. The lowest BCUT2D eigenvalue weighted by molar-refractivity contribution is -0.144. The fraction of sp³-hybridized carbons (Fsp3) is 0.459. The van der Waals surface area contributed by atoms with Crippen LogP contribution >= 0.6 is 0 Å². The SMILES string of the molecule is CCOC(=O)CC1CCCc2cc(O)ccc21.CCOC(=O)CC1CCCc2cc(OC3Cc4ccccc4C3)ccc21. The Labute approximate surface area is 255 Å². The molecule has 0 spiro atoms. The number of carbonyl (C=O) groups is 2. The molecular weight excluding hydrogens is 540 g/mol. The minimum atomic E-state index is -0.126. The predicted octanol–water partition coefficient (Wildman–Crippen LogP) is 7.37. The van der Waals surface area contributed by atoms with E-state index < -0.39 is 0 Å². The van der Waals surface area contributed by atoms with Crippen LogP contribution < -0.4 is 4.74 Å². The fourth-order valence-electron chi connectivity index (χ4n) is 6.93. The van der Waals surface area contributed by atoms with Crippen molar-refractivity contribution in [2.45, 2.75) is 96.0 Å². The molecule has 0 fully saturated rings. The minimum Gasteiger partial charge on any atom is -0.508 e. The van der Waals surface area contributed by atoms with E-state index in [0.29, 0.717) is 31.8 Å². The Morgan fingerprint density at radius 3 is 1.81 bits per heavy atom. The average Bonchev–Trinajstić information content (AvgIpc) is 3.40. The summed E-state index contributed by atoms with van der Waals surface area (Å²) in [5, 5.41) is 9.45. The molecule has 2 atom stereocenters. The standard InChI is InChI=1S/C23H26O3.C14H18O3/c1-2-25-23(24)15-19-9-5-8-18-14-20(10-11-22(18)19)26-21-12-16-6-3-4-7-17(16)13-21;1-2-17-14(16)9-11-5-3-4-10-8-12(15)6-7-13(10)11/h3-4,6-7,10-11,14,19,21H,2,5,8-9,12-13,15H2,1H3;6-8,11,15H,2-5,9H2,1H3. The van der Waals surface area contributed by atoms with Gasteiger partial charge in [-0.05, 0) is 122 Å². The highest BCUT2D eigenvalue weighted by Gasteiger charge is 2.26. The first-order valence-electron chi connectivity index (χ1n) is 15.9. The van der Waals surface area contributed by atoms with Crippen LogP contribution in [-0.2, 0) is 44.7 Å². The van der Waals surface area contributed by atoms with Crippen molar-refractivity contribution in [1.29, 1.82) is 0 Å². The Balaban J connectivity index is 0.000000188. The zero-order chi connectivity index (χ0) is 30.2. The highest BCUT2D eigenvalue weighted by molar-refractivity contribution is 5.71. The molecule has 1 N–H and O–H groups in total. The van der Waals surface area contributed by atoms with Gasteiger partial charge in [0.05, 0.1) is 26.1 Å². The van der Waals surface area contributed by atoms with Gasteiger partial charge in [-0.15, -0.1) is 0 Å². The van der Waals surface area contributed by atoms with Crippen molar-refractivity contribution in [2.24, 2.45) is 0 Å². The van der Waals surface area contributed by atoms with Gasteiger partial charge in [-0.3, -0.25) is 9.59 Å². The van der Waals surface area contributed by atoms with Crippen molar-refractivity contribution in [3.8, 4) is 11.5 Å². The van der Waals surface area contributed by atoms with Crippen LogP contribution in [0.5, 0.6) is 11.5 Å². The molecule has 0 heterocycles. The molecule has 0 radical (unpaired) electrons. The molecule has 0 bridgehead atoms. The number of aryl methyl sites for hydroxylation is 2. The van der Waals surface area contributed by atoms with Crippen molar-refractivity contribution < 1.29 is 28.9 Å². The van der Waals surface area contributed by atoms with Crippen LogP contribution in [0.4, 0.5) is 0 Å². The summed E-state index contributed by atoms with van der Waals surface area (Å²) in [7, 11) is 0. The van der Waals surface area contributed by atoms with Gasteiger partial charge < -0.3 is 19.3 Å². The zero-order valence-electron chi connectivity index (χ0n) is 25.5. The molecule has 0 saturated heterocycles. The first kappa shape index (κ1) is 30.7. The van der Waals surface area contributed by atoms with Crippen molar-refractivity contribution in [3.05, 3.63) is 94.0 Å². The van der Waals surface area contributed by atoms with E-state index in [1.165, 1.54) is 33.4 Å². The van der Waals surface area contributed by atoms with Gasteiger partial charge in [-0.2, -0.15) is 0 Å². The van der Waals surface area contributed by atoms with Crippen molar-refractivity contribution in [2.75, 3.05) is 13.2 Å². The summed E-state index contributed by atoms with van der Waals surface area (Å²) < 4.78 is 16.4. The molecule has 6 heteroatoms. The number of carbonyl (C=O) groups excluding carboxylic acids is 2. The van der Waals surface area contributed by atoms with Gasteiger partial charge in [-0.25, -0.2) is 0 Å². The van der Waals surface area contributed by atoms with Crippen LogP contribution in [-0.4, -0.2) is 36.4 Å². The summed E-state index contributed by atoms with van der Waals surface area (Å²) in [5.74, 6) is 1.58. The van der Waals surface area contributed by atoms with E-state index in [2.05, 4.69) is 42.5 Å². The third kappa shape index (κ3) is 7.98. The number of aromatic hydroxyl groups is 1. The van der Waals surface area contributed by atoms with Crippen LogP contribution in [0.3, 0.4) is 0 Å². The van der Waals surface area contributed by atoms with Crippen LogP contribution in [0.15, 0.2) is 60.7 Å². The number of phenolic OH excluding ortho intramolecular Hbond substituents is 1. The van der Waals surface area contributed by atoms with Gasteiger partial charge in [0, 0.05) is 12.8 Å². The maximum Gasteiger partial charge on any atom is 0.306 e. The maximum atomic E-state index is 11.9. The summed E-state index contributed by atoms with van der Waals surface area (Å²) in [6.45, 7) is 4.57. The molecule has 6 nitrogen and oxygen atoms in total. The van der Waals surface area contributed by atoms with Crippen LogP contribution in [0, 0.1) is 0 Å². The van der Waals surface area contributed by atoms with Gasteiger partial charge in [0.15, 0.2) is 0 Å². The van der Waals surface area contributed by atoms with Gasteiger partial charge in [0.1, 0.15) is 17.6 Å². The van der Waals surface area contributed by atoms with Crippen molar-refractivity contribution in [1.82, 2.24) is 0 Å². The van der Waals surface area contributed by atoms with Crippen LogP contribution in [0.1, 0.15) is 97.6 Å².